The standard InChI is InChI=1S/C9H13N/c1-7(2)9-6-8(3)4-5-10-9/h4-7,10H,3H2,1-2H3. The van der Waals surface area contributed by atoms with Gasteiger partial charge in [-0.1, -0.05) is 20.4 Å². The van der Waals surface area contributed by atoms with Gasteiger partial charge in [-0.15, -0.1) is 0 Å². The van der Waals surface area contributed by atoms with Crippen LogP contribution in [0.25, 0.3) is 0 Å². The van der Waals surface area contributed by atoms with Crippen molar-refractivity contribution >= 4 is 0 Å². The highest BCUT2D eigenvalue weighted by Gasteiger charge is 2.03. The van der Waals surface area contributed by atoms with Crippen LogP contribution in [0.5, 0.6) is 0 Å². The summed E-state index contributed by atoms with van der Waals surface area (Å²) in [4.78, 5) is 0. The van der Waals surface area contributed by atoms with Gasteiger partial charge in [-0.3, -0.25) is 0 Å². The maximum Gasteiger partial charge on any atom is 0.0178 e. The summed E-state index contributed by atoms with van der Waals surface area (Å²) in [5.41, 5.74) is 2.31. The molecule has 0 amide bonds. The summed E-state index contributed by atoms with van der Waals surface area (Å²) in [7, 11) is 0. The average Bonchev–Trinajstić information content (AvgIpc) is 1.88. The molecule has 1 heterocycles. The van der Waals surface area contributed by atoms with E-state index in [9.17, 15) is 0 Å². The van der Waals surface area contributed by atoms with Gasteiger partial charge in [-0.2, -0.15) is 0 Å². The van der Waals surface area contributed by atoms with Crippen LogP contribution < -0.4 is 5.32 Å². The molecule has 0 fully saturated rings. The van der Waals surface area contributed by atoms with Crippen LogP contribution in [0, 0.1) is 5.92 Å². The number of rotatable bonds is 1. The molecule has 1 rings (SSSR count). The molecule has 1 aliphatic rings. The Morgan fingerprint density at radius 2 is 2.20 bits per heavy atom. The van der Waals surface area contributed by atoms with Gasteiger partial charge in [0, 0.05) is 11.9 Å². The minimum atomic E-state index is 0.557. The Kier molecular flexibility index (Phi) is 1.95. The van der Waals surface area contributed by atoms with Gasteiger partial charge in [0.25, 0.3) is 0 Å². The topological polar surface area (TPSA) is 12.0 Å². The first-order valence-corrected chi connectivity index (χ1v) is 3.53. The minimum absolute atomic E-state index is 0.557. The number of hydrogen-bond donors (Lipinski definition) is 1. The molecule has 1 aliphatic heterocycles. The molecule has 0 aromatic rings. The Labute approximate surface area is 62.1 Å². The molecule has 54 valence electrons. The third-order valence-corrected chi connectivity index (χ3v) is 1.51. The zero-order valence-electron chi connectivity index (χ0n) is 6.52. The van der Waals surface area contributed by atoms with E-state index < -0.39 is 0 Å². The summed E-state index contributed by atoms with van der Waals surface area (Å²) in [6, 6.07) is 0. The number of allylic oxidation sites excluding steroid dienone is 4. The molecule has 0 unspecified atom stereocenters. The van der Waals surface area contributed by atoms with Crippen LogP contribution in [0.3, 0.4) is 0 Å². The summed E-state index contributed by atoms with van der Waals surface area (Å²) >= 11 is 0. The first-order chi connectivity index (χ1) is 4.70. The van der Waals surface area contributed by atoms with Crippen molar-refractivity contribution in [3.05, 3.63) is 36.2 Å². The van der Waals surface area contributed by atoms with Gasteiger partial charge < -0.3 is 5.32 Å². The molecule has 1 N–H and O–H groups in total. The summed E-state index contributed by atoms with van der Waals surface area (Å²) in [5, 5.41) is 3.17. The first kappa shape index (κ1) is 7.13. The molecule has 0 saturated carbocycles. The third-order valence-electron chi connectivity index (χ3n) is 1.51. The van der Waals surface area contributed by atoms with E-state index in [1.807, 2.05) is 12.3 Å². The van der Waals surface area contributed by atoms with E-state index in [1.165, 1.54) is 5.70 Å². The highest BCUT2D eigenvalue weighted by atomic mass is 14.9. The Morgan fingerprint density at radius 1 is 1.50 bits per heavy atom. The fourth-order valence-corrected chi connectivity index (χ4v) is 0.868. The third kappa shape index (κ3) is 1.50. The van der Waals surface area contributed by atoms with Gasteiger partial charge in [-0.05, 0) is 23.6 Å². The van der Waals surface area contributed by atoms with Crippen LogP contribution in [0.4, 0.5) is 0 Å². The number of dihydropyridines is 1. The fraction of sp³-hybridized carbons (Fsp3) is 0.333. The van der Waals surface area contributed by atoms with Gasteiger partial charge >= 0.3 is 0 Å². The van der Waals surface area contributed by atoms with Crippen molar-refractivity contribution < 1.29 is 0 Å². The lowest BCUT2D eigenvalue weighted by Crippen LogP contribution is -2.13. The van der Waals surface area contributed by atoms with Crippen molar-refractivity contribution in [3.63, 3.8) is 0 Å². The Bertz CT molecular complexity index is 197. The predicted octanol–water partition coefficient (Wildman–Crippen LogP) is 2.20. The lowest BCUT2D eigenvalue weighted by molar-refractivity contribution is 0.710. The van der Waals surface area contributed by atoms with Crippen LogP contribution in [0.15, 0.2) is 36.2 Å². The highest BCUT2D eigenvalue weighted by molar-refractivity contribution is 5.34. The van der Waals surface area contributed by atoms with E-state index >= 15 is 0 Å². The Hall–Kier alpha value is -0.980. The molecular weight excluding hydrogens is 122 g/mol. The number of nitrogens with one attached hydrogen (secondary N) is 1. The molecule has 0 radical (unpaired) electrons. The summed E-state index contributed by atoms with van der Waals surface area (Å²) in [6.07, 6.45) is 5.97. The minimum Gasteiger partial charge on any atom is -0.365 e. The van der Waals surface area contributed by atoms with Gasteiger partial charge in [0.2, 0.25) is 0 Å². The molecule has 0 atom stereocenters. The van der Waals surface area contributed by atoms with E-state index in [2.05, 4.69) is 31.8 Å². The summed E-state index contributed by atoms with van der Waals surface area (Å²) in [6.45, 7) is 8.16. The largest absolute Gasteiger partial charge is 0.365 e. The van der Waals surface area contributed by atoms with Gasteiger partial charge in [-0.25, -0.2) is 0 Å². The zero-order valence-corrected chi connectivity index (χ0v) is 6.52. The van der Waals surface area contributed by atoms with E-state index in [0.717, 1.165) is 5.57 Å². The van der Waals surface area contributed by atoms with Crippen molar-refractivity contribution in [2.45, 2.75) is 13.8 Å². The lowest BCUT2D eigenvalue weighted by atomic mass is 10.1. The quantitative estimate of drug-likeness (QED) is 0.581. The molecule has 0 spiro atoms. The summed E-state index contributed by atoms with van der Waals surface area (Å²) in [5.74, 6) is 0.557. The van der Waals surface area contributed by atoms with Crippen molar-refractivity contribution in [2.75, 3.05) is 0 Å². The van der Waals surface area contributed by atoms with Crippen molar-refractivity contribution in [2.24, 2.45) is 5.92 Å². The van der Waals surface area contributed by atoms with Gasteiger partial charge in [0.1, 0.15) is 0 Å². The van der Waals surface area contributed by atoms with Crippen LogP contribution in [0.2, 0.25) is 0 Å². The second-order valence-corrected chi connectivity index (χ2v) is 2.81. The molecular formula is C9H13N. The van der Waals surface area contributed by atoms with Crippen LogP contribution in [-0.2, 0) is 0 Å². The van der Waals surface area contributed by atoms with E-state index in [-0.39, 0.29) is 0 Å². The van der Waals surface area contributed by atoms with Crippen LogP contribution in [-0.4, -0.2) is 0 Å². The highest BCUT2D eigenvalue weighted by Crippen LogP contribution is 2.12. The number of hydrogen-bond acceptors (Lipinski definition) is 1. The van der Waals surface area contributed by atoms with E-state index in [1.54, 1.807) is 0 Å². The molecule has 0 aromatic heterocycles. The first-order valence-electron chi connectivity index (χ1n) is 3.53. The Morgan fingerprint density at radius 3 is 2.60 bits per heavy atom. The molecule has 0 aliphatic carbocycles. The van der Waals surface area contributed by atoms with Gasteiger partial charge in [0.05, 0.1) is 0 Å². The zero-order chi connectivity index (χ0) is 7.56. The Balaban J connectivity index is 2.71. The lowest BCUT2D eigenvalue weighted by Gasteiger charge is -2.14. The van der Waals surface area contributed by atoms with Gasteiger partial charge in [0.15, 0.2) is 0 Å². The molecule has 10 heavy (non-hydrogen) atoms. The maximum atomic E-state index is 3.84. The molecule has 1 nitrogen and oxygen atoms in total. The van der Waals surface area contributed by atoms with Crippen LogP contribution >= 0.6 is 0 Å². The monoisotopic (exact) mass is 135 g/mol. The van der Waals surface area contributed by atoms with Crippen molar-refractivity contribution in [1.82, 2.24) is 5.32 Å². The van der Waals surface area contributed by atoms with Crippen molar-refractivity contribution in [3.8, 4) is 0 Å². The second kappa shape index (κ2) is 2.74. The summed E-state index contributed by atoms with van der Waals surface area (Å²) < 4.78 is 0. The SMILES string of the molecule is C=C1C=CNC(C(C)C)=C1. The van der Waals surface area contributed by atoms with E-state index in [0.29, 0.717) is 5.92 Å². The maximum absolute atomic E-state index is 3.84. The molecule has 1 heteroatoms. The predicted molar refractivity (Wildman–Crippen MR) is 44.3 cm³/mol. The molecule has 0 saturated heterocycles. The van der Waals surface area contributed by atoms with Crippen molar-refractivity contribution in [1.29, 1.82) is 0 Å². The van der Waals surface area contributed by atoms with E-state index in [4.69, 9.17) is 0 Å². The molecule has 0 aromatic carbocycles. The second-order valence-electron chi connectivity index (χ2n) is 2.81. The fourth-order valence-electron chi connectivity index (χ4n) is 0.868. The molecule has 0 bridgehead atoms. The normalized spacial score (nSPS) is 17.1. The smallest absolute Gasteiger partial charge is 0.0178 e. The average molecular weight is 135 g/mol. The van der Waals surface area contributed by atoms with Crippen LogP contribution in [0.1, 0.15) is 13.8 Å².